The van der Waals surface area contributed by atoms with E-state index in [1.165, 1.54) is 23.0 Å². The second-order valence-corrected chi connectivity index (χ2v) is 3.60. The average molecular weight is 329 g/mol. The molecule has 80 valence electrons. The van der Waals surface area contributed by atoms with Gasteiger partial charge in [0.25, 0.3) is 0 Å². The van der Waals surface area contributed by atoms with Gasteiger partial charge in [-0.05, 0) is 22.6 Å². The van der Waals surface area contributed by atoms with Gasteiger partial charge in [-0.25, -0.2) is 9.50 Å². The maximum atomic E-state index is 12.0. The normalized spacial score (nSPS) is 12.0. The lowest BCUT2D eigenvalue weighted by atomic mass is 10.5. The first-order chi connectivity index (χ1) is 6.96. The largest absolute Gasteiger partial charge is 0.573 e. The van der Waals surface area contributed by atoms with E-state index >= 15 is 0 Å². The van der Waals surface area contributed by atoms with Crippen LogP contribution in [0.1, 0.15) is 0 Å². The molecule has 4 nitrogen and oxygen atoms in total. The molecule has 2 aromatic heterocycles. The van der Waals surface area contributed by atoms with Gasteiger partial charge in [-0.15, -0.1) is 13.2 Å². The molecule has 15 heavy (non-hydrogen) atoms. The summed E-state index contributed by atoms with van der Waals surface area (Å²) in [4.78, 5) is 3.80. The summed E-state index contributed by atoms with van der Waals surface area (Å²) in [6.07, 6.45) is -1.74. The van der Waals surface area contributed by atoms with Gasteiger partial charge in [0.15, 0.2) is 15.1 Å². The second kappa shape index (κ2) is 3.51. The van der Waals surface area contributed by atoms with Gasteiger partial charge in [-0.3, -0.25) is 0 Å². The van der Waals surface area contributed by atoms with Crippen molar-refractivity contribution >= 4 is 28.2 Å². The number of aromatic nitrogens is 3. The van der Waals surface area contributed by atoms with Gasteiger partial charge in [-0.1, -0.05) is 0 Å². The minimum absolute atomic E-state index is 0.121. The van der Waals surface area contributed by atoms with E-state index in [1.807, 2.05) is 0 Å². The Morgan fingerprint density at radius 1 is 1.40 bits per heavy atom. The van der Waals surface area contributed by atoms with Crippen molar-refractivity contribution in [3.8, 4) is 5.75 Å². The minimum atomic E-state index is -4.72. The highest BCUT2D eigenvalue weighted by molar-refractivity contribution is 14.1. The number of halogens is 4. The van der Waals surface area contributed by atoms with Gasteiger partial charge in [0.05, 0.1) is 0 Å². The highest BCUT2D eigenvalue weighted by atomic mass is 127. The van der Waals surface area contributed by atoms with Gasteiger partial charge >= 0.3 is 6.36 Å². The van der Waals surface area contributed by atoms with Gasteiger partial charge in [0.1, 0.15) is 0 Å². The lowest BCUT2D eigenvalue weighted by molar-refractivity contribution is -0.275. The van der Waals surface area contributed by atoms with Crippen LogP contribution in [0.4, 0.5) is 13.2 Å². The van der Waals surface area contributed by atoms with Crippen LogP contribution >= 0.6 is 22.6 Å². The molecule has 0 N–H and O–H groups in total. The predicted molar refractivity (Wildman–Crippen MR) is 52.4 cm³/mol. The van der Waals surface area contributed by atoms with Crippen LogP contribution in [0, 0.1) is 3.70 Å². The molecule has 0 aliphatic rings. The number of imidazole rings is 1. The SMILES string of the molecule is FC(F)(F)Oc1cc2nccn2nc1I. The maximum Gasteiger partial charge on any atom is 0.573 e. The zero-order valence-corrected chi connectivity index (χ0v) is 9.15. The lowest BCUT2D eigenvalue weighted by Gasteiger charge is -2.09. The Morgan fingerprint density at radius 2 is 2.13 bits per heavy atom. The van der Waals surface area contributed by atoms with Crippen LogP contribution < -0.4 is 4.74 Å². The number of ether oxygens (including phenoxy) is 1. The minimum Gasteiger partial charge on any atom is -0.403 e. The Morgan fingerprint density at radius 3 is 2.80 bits per heavy atom. The van der Waals surface area contributed by atoms with Crippen LogP contribution in [0.2, 0.25) is 0 Å². The van der Waals surface area contributed by atoms with Crippen molar-refractivity contribution < 1.29 is 17.9 Å². The van der Waals surface area contributed by atoms with Crippen molar-refractivity contribution in [1.82, 2.24) is 14.6 Å². The zero-order valence-electron chi connectivity index (χ0n) is 6.99. The van der Waals surface area contributed by atoms with E-state index in [9.17, 15) is 13.2 Å². The van der Waals surface area contributed by atoms with Crippen molar-refractivity contribution in [3.05, 3.63) is 22.2 Å². The van der Waals surface area contributed by atoms with Gasteiger partial charge < -0.3 is 4.74 Å². The fourth-order valence-electron chi connectivity index (χ4n) is 1.01. The van der Waals surface area contributed by atoms with Crippen LogP contribution in [0.5, 0.6) is 5.75 Å². The molecule has 0 amide bonds. The Balaban J connectivity index is 2.46. The van der Waals surface area contributed by atoms with Crippen molar-refractivity contribution in [2.75, 3.05) is 0 Å². The van der Waals surface area contributed by atoms with Gasteiger partial charge in [0, 0.05) is 18.5 Å². The monoisotopic (exact) mass is 329 g/mol. The highest BCUT2D eigenvalue weighted by Gasteiger charge is 2.32. The fourth-order valence-corrected chi connectivity index (χ4v) is 1.51. The fraction of sp³-hybridized carbons (Fsp3) is 0.143. The molecule has 0 aliphatic heterocycles. The first-order valence-electron chi connectivity index (χ1n) is 3.71. The van der Waals surface area contributed by atoms with Crippen molar-refractivity contribution in [2.24, 2.45) is 0 Å². The van der Waals surface area contributed by atoms with E-state index in [2.05, 4.69) is 14.8 Å². The molecule has 2 aromatic rings. The third kappa shape index (κ3) is 2.30. The molecule has 0 unspecified atom stereocenters. The van der Waals surface area contributed by atoms with Gasteiger partial charge in [-0.2, -0.15) is 5.10 Å². The summed E-state index contributed by atoms with van der Waals surface area (Å²) in [6.45, 7) is 0. The van der Waals surface area contributed by atoms with E-state index in [4.69, 9.17) is 0 Å². The van der Waals surface area contributed by atoms with Crippen molar-refractivity contribution in [2.45, 2.75) is 6.36 Å². The smallest absolute Gasteiger partial charge is 0.403 e. The van der Waals surface area contributed by atoms with Crippen LogP contribution in [0.3, 0.4) is 0 Å². The molecule has 0 saturated carbocycles. The Labute approximate surface area is 95.2 Å². The number of hydrogen-bond donors (Lipinski definition) is 0. The molecule has 0 aliphatic carbocycles. The Hall–Kier alpha value is -1.06. The van der Waals surface area contributed by atoms with E-state index < -0.39 is 6.36 Å². The van der Waals surface area contributed by atoms with E-state index in [0.717, 1.165) is 0 Å². The number of hydrogen-bond acceptors (Lipinski definition) is 3. The predicted octanol–water partition coefficient (Wildman–Crippen LogP) is 2.23. The van der Waals surface area contributed by atoms with Crippen LogP contribution in [0.25, 0.3) is 5.65 Å². The van der Waals surface area contributed by atoms with E-state index in [1.54, 1.807) is 22.6 Å². The summed E-state index contributed by atoms with van der Waals surface area (Å²) in [5.41, 5.74) is 0.301. The van der Waals surface area contributed by atoms with E-state index in [0.29, 0.717) is 5.65 Å². The molecule has 8 heteroatoms. The summed E-state index contributed by atoms with van der Waals surface area (Å²) < 4.78 is 41.2. The van der Waals surface area contributed by atoms with Crippen molar-refractivity contribution in [3.63, 3.8) is 0 Å². The molecule has 0 spiro atoms. The summed E-state index contributed by atoms with van der Waals surface area (Å²) in [5.74, 6) is -0.346. The summed E-state index contributed by atoms with van der Waals surface area (Å²) in [7, 11) is 0. The Kier molecular flexibility index (Phi) is 2.44. The highest BCUT2D eigenvalue weighted by Crippen LogP contribution is 2.26. The molecule has 2 heterocycles. The number of alkyl halides is 3. The number of nitrogens with zero attached hydrogens (tertiary/aromatic N) is 3. The Bertz CT molecular complexity index is 496. The van der Waals surface area contributed by atoms with E-state index in [-0.39, 0.29) is 9.45 Å². The van der Waals surface area contributed by atoms with Gasteiger partial charge in [0.2, 0.25) is 0 Å². The van der Waals surface area contributed by atoms with Crippen LogP contribution in [-0.4, -0.2) is 21.0 Å². The standard InChI is InChI=1S/C7H3F3IN3O/c8-7(9,10)15-4-3-5-12-1-2-14(5)13-6(4)11/h1-3H. The van der Waals surface area contributed by atoms with Crippen molar-refractivity contribution in [1.29, 1.82) is 0 Å². The molecular weight excluding hydrogens is 326 g/mol. The molecule has 0 atom stereocenters. The lowest BCUT2D eigenvalue weighted by Crippen LogP contribution is -2.18. The maximum absolute atomic E-state index is 12.0. The molecule has 2 rings (SSSR count). The first kappa shape index (κ1) is 10.5. The second-order valence-electron chi connectivity index (χ2n) is 2.58. The first-order valence-corrected chi connectivity index (χ1v) is 4.79. The topological polar surface area (TPSA) is 39.4 Å². The quantitative estimate of drug-likeness (QED) is 0.754. The molecule has 0 fully saturated rings. The number of fused-ring (bicyclic) bond motifs is 1. The third-order valence-electron chi connectivity index (χ3n) is 1.53. The molecular formula is C7H3F3IN3O. The molecule has 0 saturated heterocycles. The van der Waals surface area contributed by atoms with Crippen LogP contribution in [0.15, 0.2) is 18.5 Å². The zero-order chi connectivity index (χ0) is 11.1. The molecule has 0 aromatic carbocycles. The van der Waals surface area contributed by atoms with Crippen LogP contribution in [-0.2, 0) is 0 Å². The summed E-state index contributed by atoms with van der Waals surface area (Å²) in [5, 5.41) is 3.84. The number of rotatable bonds is 1. The molecule has 0 bridgehead atoms. The molecule has 0 radical (unpaired) electrons. The summed E-state index contributed by atoms with van der Waals surface area (Å²) in [6, 6.07) is 1.18. The summed E-state index contributed by atoms with van der Waals surface area (Å²) >= 11 is 1.66. The average Bonchev–Trinajstić information content (AvgIpc) is 2.49. The third-order valence-corrected chi connectivity index (χ3v) is 2.28.